The number of carbonyl (C=O) groups is 1. The Morgan fingerprint density at radius 1 is 1.25 bits per heavy atom. The molecule has 0 saturated carbocycles. The molecule has 0 unspecified atom stereocenters. The molecule has 0 spiro atoms. The molecule has 20 heavy (non-hydrogen) atoms. The number of amides is 1. The Balaban J connectivity index is 2.50. The Morgan fingerprint density at radius 3 is 2.35 bits per heavy atom. The topological polar surface area (TPSA) is 70.6 Å². The van der Waals surface area contributed by atoms with Crippen molar-refractivity contribution in [3.8, 4) is 0 Å². The summed E-state index contributed by atoms with van der Waals surface area (Å²) in [6.45, 7) is 7.45. The van der Waals surface area contributed by atoms with E-state index in [1.807, 2.05) is 0 Å². The van der Waals surface area contributed by atoms with Crippen LogP contribution in [0.5, 0.6) is 0 Å². The van der Waals surface area contributed by atoms with Crippen LogP contribution >= 0.6 is 11.3 Å². The molecule has 1 aliphatic heterocycles. The molecule has 1 amide bonds. The Kier molecular flexibility index (Phi) is 3.68. The fourth-order valence-electron chi connectivity index (χ4n) is 2.47. The largest absolute Gasteiger partial charge is 0.343 e. The van der Waals surface area contributed by atoms with Gasteiger partial charge in [0.25, 0.3) is 10.0 Å². The zero-order chi connectivity index (χ0) is 15.3. The van der Waals surface area contributed by atoms with E-state index in [2.05, 4.69) is 4.98 Å². The number of carbonyl (C=O) groups excluding carboxylic acids is 1. The molecule has 1 aromatic rings. The van der Waals surface area contributed by atoms with E-state index in [1.165, 1.54) is 4.31 Å². The van der Waals surface area contributed by atoms with Gasteiger partial charge in [-0.2, -0.15) is 4.31 Å². The van der Waals surface area contributed by atoms with Gasteiger partial charge in [-0.25, -0.2) is 13.4 Å². The van der Waals surface area contributed by atoms with Gasteiger partial charge in [0, 0.05) is 20.1 Å². The summed E-state index contributed by atoms with van der Waals surface area (Å²) in [6, 6.07) is 0. The normalized spacial score (nSPS) is 20.4. The van der Waals surface area contributed by atoms with E-state index in [1.54, 1.807) is 39.6 Å². The highest BCUT2D eigenvalue weighted by Crippen LogP contribution is 2.33. The Labute approximate surface area is 123 Å². The number of nitrogens with zero attached hydrogens (tertiary/aromatic N) is 3. The van der Waals surface area contributed by atoms with Crippen molar-refractivity contribution < 1.29 is 13.2 Å². The molecule has 0 N–H and O–H groups in total. The van der Waals surface area contributed by atoms with Crippen LogP contribution in [0, 0.1) is 13.8 Å². The zero-order valence-corrected chi connectivity index (χ0v) is 13.9. The molecule has 0 bridgehead atoms. The van der Waals surface area contributed by atoms with Crippen molar-refractivity contribution in [3.05, 3.63) is 10.7 Å². The second kappa shape index (κ2) is 4.78. The van der Waals surface area contributed by atoms with Crippen LogP contribution in [-0.4, -0.2) is 54.2 Å². The number of sulfonamides is 1. The van der Waals surface area contributed by atoms with Gasteiger partial charge in [0.2, 0.25) is 5.91 Å². The first kappa shape index (κ1) is 15.4. The minimum absolute atomic E-state index is 0.189. The zero-order valence-electron chi connectivity index (χ0n) is 12.3. The third-order valence-corrected chi connectivity index (χ3v) is 7.25. The van der Waals surface area contributed by atoms with Crippen LogP contribution < -0.4 is 0 Å². The number of rotatable bonds is 2. The van der Waals surface area contributed by atoms with Crippen LogP contribution in [0.1, 0.15) is 24.5 Å². The van der Waals surface area contributed by atoms with Crippen molar-refractivity contribution in [2.45, 2.75) is 37.4 Å². The first-order valence-corrected chi connectivity index (χ1v) is 8.56. The Bertz CT molecular complexity index is 649. The highest BCUT2D eigenvalue weighted by atomic mass is 32.2. The molecule has 6 nitrogen and oxygen atoms in total. The molecule has 0 radical (unpaired) electrons. The highest BCUT2D eigenvalue weighted by Gasteiger charge is 2.47. The molecule has 1 fully saturated rings. The van der Waals surface area contributed by atoms with E-state index in [-0.39, 0.29) is 10.1 Å². The maximum atomic E-state index is 12.8. The van der Waals surface area contributed by atoms with Gasteiger partial charge in [-0.1, -0.05) is 0 Å². The van der Waals surface area contributed by atoms with Crippen LogP contribution in [0.2, 0.25) is 0 Å². The minimum Gasteiger partial charge on any atom is -0.343 e. The predicted molar refractivity (Wildman–Crippen MR) is 77.2 cm³/mol. The summed E-state index contributed by atoms with van der Waals surface area (Å²) in [5.41, 5.74) is -0.578. The number of thiazole rings is 1. The third-order valence-electron chi connectivity index (χ3n) is 3.52. The van der Waals surface area contributed by atoms with E-state index >= 15 is 0 Å². The molecular weight excluding hydrogens is 298 g/mol. The lowest BCUT2D eigenvalue weighted by molar-refractivity contribution is -0.142. The standard InChI is InChI=1S/C12H19N3O3S2/c1-8-10(19-9(2)13-8)20(17,18)15-7-6-14(5)11(16)12(15,3)4/h6-7H2,1-5H3. The van der Waals surface area contributed by atoms with Crippen LogP contribution in [-0.2, 0) is 14.8 Å². The average molecular weight is 317 g/mol. The summed E-state index contributed by atoms with van der Waals surface area (Å²) in [4.78, 5) is 18.0. The highest BCUT2D eigenvalue weighted by molar-refractivity contribution is 7.91. The fraction of sp³-hybridized carbons (Fsp3) is 0.667. The van der Waals surface area contributed by atoms with E-state index in [0.29, 0.717) is 23.8 Å². The average Bonchev–Trinajstić information content (AvgIpc) is 2.66. The maximum absolute atomic E-state index is 12.8. The summed E-state index contributed by atoms with van der Waals surface area (Å²) in [5, 5.41) is 0.708. The molecule has 1 aromatic heterocycles. The number of hydrogen-bond donors (Lipinski definition) is 0. The summed E-state index contributed by atoms with van der Waals surface area (Å²) in [7, 11) is -2.00. The quantitative estimate of drug-likeness (QED) is 0.816. The van der Waals surface area contributed by atoms with E-state index in [9.17, 15) is 13.2 Å². The second-order valence-electron chi connectivity index (χ2n) is 5.47. The van der Waals surface area contributed by atoms with Crippen molar-refractivity contribution in [1.82, 2.24) is 14.2 Å². The van der Waals surface area contributed by atoms with Crippen LogP contribution in [0.15, 0.2) is 4.21 Å². The number of aryl methyl sites for hydroxylation is 2. The summed E-state index contributed by atoms with van der Waals surface area (Å²) in [6.07, 6.45) is 0. The number of likely N-dealkylation sites (N-methyl/N-ethyl adjacent to an activating group) is 1. The van der Waals surface area contributed by atoms with Crippen molar-refractivity contribution in [2.75, 3.05) is 20.1 Å². The van der Waals surface area contributed by atoms with E-state index < -0.39 is 15.6 Å². The van der Waals surface area contributed by atoms with Gasteiger partial charge in [-0.3, -0.25) is 4.79 Å². The van der Waals surface area contributed by atoms with Gasteiger partial charge in [0.1, 0.15) is 5.54 Å². The molecular formula is C12H19N3O3S2. The lowest BCUT2D eigenvalue weighted by Gasteiger charge is -2.43. The molecule has 0 aliphatic carbocycles. The van der Waals surface area contributed by atoms with Gasteiger partial charge in [0.05, 0.1) is 10.7 Å². The Hall–Kier alpha value is -0.990. The van der Waals surface area contributed by atoms with Gasteiger partial charge in [-0.15, -0.1) is 11.3 Å². The van der Waals surface area contributed by atoms with E-state index in [0.717, 1.165) is 11.3 Å². The predicted octanol–water partition coefficient (Wildman–Crippen LogP) is 1.00. The SMILES string of the molecule is Cc1nc(C)c(S(=O)(=O)N2CCN(C)C(=O)C2(C)C)s1. The van der Waals surface area contributed by atoms with Crippen molar-refractivity contribution in [3.63, 3.8) is 0 Å². The number of piperazine rings is 1. The monoisotopic (exact) mass is 317 g/mol. The molecule has 8 heteroatoms. The van der Waals surface area contributed by atoms with Crippen LogP contribution in [0.4, 0.5) is 0 Å². The van der Waals surface area contributed by atoms with Gasteiger partial charge < -0.3 is 4.90 Å². The summed E-state index contributed by atoms with van der Waals surface area (Å²) in [5.74, 6) is -0.189. The fourth-order valence-corrected chi connectivity index (χ4v) is 5.79. The maximum Gasteiger partial charge on any atom is 0.255 e. The molecule has 2 rings (SSSR count). The summed E-state index contributed by atoms with van der Waals surface area (Å²) < 4.78 is 27.2. The molecule has 112 valence electrons. The minimum atomic E-state index is -3.69. The lowest BCUT2D eigenvalue weighted by Crippen LogP contribution is -2.63. The Morgan fingerprint density at radius 2 is 1.85 bits per heavy atom. The first-order valence-electron chi connectivity index (χ1n) is 6.31. The van der Waals surface area contributed by atoms with Gasteiger partial charge >= 0.3 is 0 Å². The van der Waals surface area contributed by atoms with Crippen molar-refractivity contribution in [2.24, 2.45) is 0 Å². The molecule has 0 atom stereocenters. The van der Waals surface area contributed by atoms with Crippen LogP contribution in [0.25, 0.3) is 0 Å². The molecule has 2 heterocycles. The molecule has 1 saturated heterocycles. The first-order chi connectivity index (χ1) is 9.08. The smallest absolute Gasteiger partial charge is 0.255 e. The van der Waals surface area contributed by atoms with Crippen LogP contribution in [0.3, 0.4) is 0 Å². The number of hydrogen-bond acceptors (Lipinski definition) is 5. The van der Waals surface area contributed by atoms with Crippen molar-refractivity contribution >= 4 is 27.3 Å². The lowest BCUT2D eigenvalue weighted by atomic mass is 10.0. The third kappa shape index (κ3) is 2.25. The van der Waals surface area contributed by atoms with E-state index in [4.69, 9.17) is 0 Å². The second-order valence-corrected chi connectivity index (χ2v) is 8.73. The van der Waals surface area contributed by atoms with Crippen molar-refractivity contribution in [1.29, 1.82) is 0 Å². The van der Waals surface area contributed by atoms with Gasteiger partial charge in [-0.05, 0) is 27.7 Å². The molecule has 1 aliphatic rings. The summed E-state index contributed by atoms with van der Waals surface area (Å²) >= 11 is 1.15. The molecule has 0 aromatic carbocycles. The number of aromatic nitrogens is 1. The van der Waals surface area contributed by atoms with Gasteiger partial charge in [0.15, 0.2) is 4.21 Å².